The fourth-order valence-corrected chi connectivity index (χ4v) is 0.996. The zero-order valence-corrected chi connectivity index (χ0v) is 7.07. The zero-order valence-electron chi connectivity index (χ0n) is 7.07. The van der Waals surface area contributed by atoms with Gasteiger partial charge >= 0.3 is 0 Å². The molecule has 0 fully saturated rings. The molecule has 0 bridgehead atoms. The van der Waals surface area contributed by atoms with Crippen LogP contribution in [-0.2, 0) is 0 Å². The molecule has 0 saturated heterocycles. The van der Waals surface area contributed by atoms with E-state index in [-0.39, 0.29) is 0 Å². The SMILES string of the molecule is CNc1ncc(C=NO)cc1C. The maximum Gasteiger partial charge on any atom is 0.128 e. The smallest absolute Gasteiger partial charge is 0.128 e. The molecule has 1 aromatic heterocycles. The van der Waals surface area contributed by atoms with Crippen LogP contribution in [0.25, 0.3) is 0 Å². The highest BCUT2D eigenvalue weighted by molar-refractivity contribution is 5.79. The van der Waals surface area contributed by atoms with Crippen molar-refractivity contribution < 1.29 is 5.21 Å². The third-order valence-corrected chi connectivity index (χ3v) is 1.54. The highest BCUT2D eigenvalue weighted by Gasteiger charge is 1.96. The molecule has 1 heterocycles. The Labute approximate surface area is 70.9 Å². The Bertz CT molecular complexity index is 296. The van der Waals surface area contributed by atoms with Gasteiger partial charge < -0.3 is 10.5 Å². The number of aryl methyl sites for hydroxylation is 1. The van der Waals surface area contributed by atoms with E-state index in [1.54, 1.807) is 6.20 Å². The van der Waals surface area contributed by atoms with Gasteiger partial charge in [0.05, 0.1) is 6.21 Å². The summed E-state index contributed by atoms with van der Waals surface area (Å²) in [5.41, 5.74) is 1.81. The maximum absolute atomic E-state index is 8.26. The van der Waals surface area contributed by atoms with Crippen LogP contribution in [0.4, 0.5) is 5.82 Å². The first-order valence-electron chi connectivity index (χ1n) is 3.59. The molecule has 0 unspecified atom stereocenters. The molecule has 0 spiro atoms. The van der Waals surface area contributed by atoms with Crippen LogP contribution < -0.4 is 5.32 Å². The molecule has 0 aliphatic rings. The normalized spacial score (nSPS) is 10.5. The highest BCUT2D eigenvalue weighted by atomic mass is 16.4. The van der Waals surface area contributed by atoms with Crippen LogP contribution in [0, 0.1) is 6.92 Å². The van der Waals surface area contributed by atoms with Gasteiger partial charge in [-0.2, -0.15) is 0 Å². The molecule has 0 radical (unpaired) electrons. The van der Waals surface area contributed by atoms with Gasteiger partial charge in [-0.15, -0.1) is 0 Å². The molecule has 12 heavy (non-hydrogen) atoms. The first-order valence-corrected chi connectivity index (χ1v) is 3.59. The van der Waals surface area contributed by atoms with Crippen molar-refractivity contribution in [1.82, 2.24) is 4.98 Å². The van der Waals surface area contributed by atoms with Crippen LogP contribution in [0.2, 0.25) is 0 Å². The minimum atomic E-state index is 0.786. The summed E-state index contributed by atoms with van der Waals surface area (Å²) in [6.07, 6.45) is 2.98. The van der Waals surface area contributed by atoms with Crippen molar-refractivity contribution in [2.75, 3.05) is 12.4 Å². The number of rotatable bonds is 2. The summed E-state index contributed by atoms with van der Waals surface area (Å²) in [4.78, 5) is 4.10. The van der Waals surface area contributed by atoms with Gasteiger partial charge in [0.25, 0.3) is 0 Å². The molecule has 2 N–H and O–H groups in total. The number of hydrogen-bond donors (Lipinski definition) is 2. The van der Waals surface area contributed by atoms with Gasteiger partial charge in [0.15, 0.2) is 0 Å². The monoisotopic (exact) mass is 165 g/mol. The summed E-state index contributed by atoms with van der Waals surface area (Å²) in [7, 11) is 1.81. The van der Waals surface area contributed by atoms with E-state index in [2.05, 4.69) is 15.5 Å². The van der Waals surface area contributed by atoms with Gasteiger partial charge in [0.1, 0.15) is 5.82 Å². The Kier molecular flexibility index (Phi) is 2.63. The van der Waals surface area contributed by atoms with Crippen molar-refractivity contribution in [2.24, 2.45) is 5.16 Å². The van der Waals surface area contributed by atoms with E-state index in [4.69, 9.17) is 5.21 Å². The van der Waals surface area contributed by atoms with Gasteiger partial charge in [-0.3, -0.25) is 0 Å². The minimum absolute atomic E-state index is 0.786. The standard InChI is InChI=1S/C8H11N3O/c1-6-3-7(5-11-12)4-10-8(6)9-2/h3-5,12H,1-2H3,(H,9,10). The van der Waals surface area contributed by atoms with E-state index >= 15 is 0 Å². The molecular formula is C8H11N3O. The lowest BCUT2D eigenvalue weighted by Crippen LogP contribution is -1.96. The first-order chi connectivity index (χ1) is 5.77. The topological polar surface area (TPSA) is 57.5 Å². The molecule has 0 aliphatic heterocycles. The van der Waals surface area contributed by atoms with E-state index in [0.29, 0.717) is 0 Å². The van der Waals surface area contributed by atoms with Crippen molar-refractivity contribution in [3.63, 3.8) is 0 Å². The van der Waals surface area contributed by atoms with Gasteiger partial charge in [0, 0.05) is 18.8 Å². The van der Waals surface area contributed by atoms with E-state index in [1.165, 1.54) is 6.21 Å². The molecule has 4 heteroatoms. The molecule has 1 rings (SSSR count). The molecule has 0 atom stereocenters. The largest absolute Gasteiger partial charge is 0.411 e. The molecule has 0 aliphatic carbocycles. The zero-order chi connectivity index (χ0) is 8.97. The van der Waals surface area contributed by atoms with Crippen LogP contribution in [-0.4, -0.2) is 23.5 Å². The lowest BCUT2D eigenvalue weighted by Gasteiger charge is -2.02. The third-order valence-electron chi connectivity index (χ3n) is 1.54. The second kappa shape index (κ2) is 3.71. The highest BCUT2D eigenvalue weighted by Crippen LogP contribution is 2.10. The van der Waals surface area contributed by atoms with E-state index < -0.39 is 0 Å². The lowest BCUT2D eigenvalue weighted by molar-refractivity contribution is 0.322. The summed E-state index contributed by atoms with van der Waals surface area (Å²) in [6.45, 7) is 1.94. The maximum atomic E-state index is 8.26. The molecule has 4 nitrogen and oxygen atoms in total. The molecular weight excluding hydrogens is 154 g/mol. The summed E-state index contributed by atoms with van der Waals surface area (Å²) in [6, 6.07) is 1.89. The van der Waals surface area contributed by atoms with Gasteiger partial charge in [-0.1, -0.05) is 5.16 Å². The number of nitrogens with one attached hydrogen (secondary N) is 1. The summed E-state index contributed by atoms with van der Waals surface area (Å²) >= 11 is 0. The van der Waals surface area contributed by atoms with E-state index in [9.17, 15) is 0 Å². The average molecular weight is 165 g/mol. The second-order valence-electron chi connectivity index (χ2n) is 2.43. The number of nitrogens with zero attached hydrogens (tertiary/aromatic N) is 2. The summed E-state index contributed by atoms with van der Waals surface area (Å²) in [5.74, 6) is 0.838. The second-order valence-corrected chi connectivity index (χ2v) is 2.43. The average Bonchev–Trinajstić information content (AvgIpc) is 2.05. The number of pyridine rings is 1. The van der Waals surface area contributed by atoms with Crippen LogP contribution in [0.15, 0.2) is 17.4 Å². The molecule has 0 saturated carbocycles. The van der Waals surface area contributed by atoms with Crippen LogP contribution in [0.5, 0.6) is 0 Å². The van der Waals surface area contributed by atoms with Crippen molar-refractivity contribution >= 4 is 12.0 Å². The van der Waals surface area contributed by atoms with Gasteiger partial charge in [-0.05, 0) is 18.6 Å². The Morgan fingerprint density at radius 2 is 2.42 bits per heavy atom. The van der Waals surface area contributed by atoms with Crippen LogP contribution in [0.3, 0.4) is 0 Å². The van der Waals surface area contributed by atoms with Crippen molar-refractivity contribution in [1.29, 1.82) is 0 Å². The quantitative estimate of drug-likeness (QED) is 0.394. The number of aromatic nitrogens is 1. The Morgan fingerprint density at radius 3 is 2.92 bits per heavy atom. The number of oxime groups is 1. The predicted octanol–water partition coefficient (Wildman–Crippen LogP) is 1.24. The Balaban J connectivity index is 3.01. The summed E-state index contributed by atoms with van der Waals surface area (Å²) in [5, 5.41) is 14.1. The number of anilines is 1. The van der Waals surface area contributed by atoms with Crippen molar-refractivity contribution in [3.05, 3.63) is 23.4 Å². The van der Waals surface area contributed by atoms with Crippen molar-refractivity contribution in [2.45, 2.75) is 6.92 Å². The van der Waals surface area contributed by atoms with E-state index in [1.807, 2.05) is 20.0 Å². The number of hydrogen-bond acceptors (Lipinski definition) is 4. The molecule has 0 aromatic carbocycles. The van der Waals surface area contributed by atoms with Gasteiger partial charge in [-0.25, -0.2) is 4.98 Å². The van der Waals surface area contributed by atoms with Crippen LogP contribution in [0.1, 0.15) is 11.1 Å². The fraction of sp³-hybridized carbons (Fsp3) is 0.250. The first kappa shape index (κ1) is 8.52. The molecule has 1 aromatic rings. The van der Waals surface area contributed by atoms with Gasteiger partial charge in [0.2, 0.25) is 0 Å². The molecule has 64 valence electrons. The van der Waals surface area contributed by atoms with Crippen molar-refractivity contribution in [3.8, 4) is 0 Å². The lowest BCUT2D eigenvalue weighted by atomic mass is 10.2. The minimum Gasteiger partial charge on any atom is -0.411 e. The predicted molar refractivity (Wildman–Crippen MR) is 47.9 cm³/mol. The van der Waals surface area contributed by atoms with Crippen LogP contribution >= 0.6 is 0 Å². The summed E-state index contributed by atoms with van der Waals surface area (Å²) < 4.78 is 0. The van der Waals surface area contributed by atoms with E-state index in [0.717, 1.165) is 16.9 Å². The fourth-order valence-electron chi connectivity index (χ4n) is 0.996. The Morgan fingerprint density at radius 1 is 1.67 bits per heavy atom. The Hall–Kier alpha value is -1.58. The molecule has 0 amide bonds. The third kappa shape index (κ3) is 1.72.